The van der Waals surface area contributed by atoms with Crippen molar-refractivity contribution in [3.05, 3.63) is 22.8 Å². The minimum absolute atomic E-state index is 0.229. The molecule has 0 aliphatic carbocycles. The van der Waals surface area contributed by atoms with Gasteiger partial charge in [0.1, 0.15) is 0 Å². The molecule has 0 aromatic heterocycles. The Bertz CT molecular complexity index is 541. The van der Waals surface area contributed by atoms with E-state index in [-0.39, 0.29) is 17.2 Å². The first-order chi connectivity index (χ1) is 12.9. The quantitative estimate of drug-likeness (QED) is 0.289. The number of allylic oxidation sites excluding steroid dienone is 1. The summed E-state index contributed by atoms with van der Waals surface area (Å²) in [6.07, 6.45) is 7.06. The van der Waals surface area contributed by atoms with Gasteiger partial charge in [0.05, 0.1) is 12.7 Å². The van der Waals surface area contributed by atoms with Gasteiger partial charge in [-0.1, -0.05) is 46.3 Å². The number of rotatable bonds is 10. The maximum Gasteiger partial charge on any atom is 0.192 e. The van der Waals surface area contributed by atoms with E-state index in [0.717, 1.165) is 38.9 Å². The summed E-state index contributed by atoms with van der Waals surface area (Å²) < 4.78 is 18.0. The lowest BCUT2D eigenvalue weighted by atomic mass is 9.92. The van der Waals surface area contributed by atoms with Gasteiger partial charge >= 0.3 is 0 Å². The molecule has 0 radical (unpaired) electrons. The van der Waals surface area contributed by atoms with Crippen LogP contribution in [0.15, 0.2) is 22.8 Å². The van der Waals surface area contributed by atoms with E-state index in [4.69, 9.17) is 13.9 Å². The number of hydrogen-bond acceptors (Lipinski definition) is 3. The summed E-state index contributed by atoms with van der Waals surface area (Å²) >= 11 is 0. The van der Waals surface area contributed by atoms with Gasteiger partial charge in [0.2, 0.25) is 0 Å². The van der Waals surface area contributed by atoms with Crippen molar-refractivity contribution >= 4 is 8.32 Å². The van der Waals surface area contributed by atoms with Crippen LogP contribution in [0.3, 0.4) is 0 Å². The molecule has 4 heteroatoms. The number of ether oxygens (including phenoxy) is 2. The highest BCUT2D eigenvalue weighted by atomic mass is 28.4. The molecule has 164 valence electrons. The lowest BCUT2D eigenvalue weighted by molar-refractivity contribution is 0.112. The van der Waals surface area contributed by atoms with Crippen LogP contribution in [-0.4, -0.2) is 40.8 Å². The predicted octanol–water partition coefficient (Wildman–Crippen LogP) is 6.90. The highest BCUT2D eigenvalue weighted by Gasteiger charge is 2.38. The van der Waals surface area contributed by atoms with Gasteiger partial charge in [-0.15, -0.1) is 0 Å². The molecular formula is C24H46O3Si. The van der Waals surface area contributed by atoms with Crippen LogP contribution in [0, 0.1) is 5.92 Å². The first-order valence-corrected chi connectivity index (χ1v) is 14.0. The third kappa shape index (κ3) is 7.77. The summed E-state index contributed by atoms with van der Waals surface area (Å²) in [6, 6.07) is 0. The fraction of sp³-hybridized carbons (Fsp3) is 0.833. The Balaban J connectivity index is 2.94. The van der Waals surface area contributed by atoms with Crippen molar-refractivity contribution in [2.75, 3.05) is 20.3 Å². The molecule has 1 rings (SSSR count). The zero-order valence-corrected chi connectivity index (χ0v) is 21.3. The van der Waals surface area contributed by atoms with E-state index in [1.54, 1.807) is 7.11 Å². The molecule has 1 saturated heterocycles. The largest absolute Gasteiger partial charge is 0.414 e. The minimum Gasteiger partial charge on any atom is -0.414 e. The Labute approximate surface area is 176 Å². The van der Waals surface area contributed by atoms with E-state index in [9.17, 15) is 0 Å². The van der Waals surface area contributed by atoms with Gasteiger partial charge < -0.3 is 13.9 Å². The molecule has 0 bridgehead atoms. The van der Waals surface area contributed by atoms with Crippen molar-refractivity contribution in [2.45, 2.75) is 104 Å². The van der Waals surface area contributed by atoms with E-state index in [0.29, 0.717) is 5.92 Å². The molecule has 28 heavy (non-hydrogen) atoms. The van der Waals surface area contributed by atoms with Crippen LogP contribution >= 0.6 is 0 Å². The van der Waals surface area contributed by atoms with E-state index in [2.05, 4.69) is 67.6 Å². The topological polar surface area (TPSA) is 27.7 Å². The molecule has 1 aliphatic heterocycles. The van der Waals surface area contributed by atoms with Gasteiger partial charge in [-0.25, -0.2) is 0 Å². The molecule has 0 spiro atoms. The molecule has 1 aliphatic rings. The van der Waals surface area contributed by atoms with Crippen LogP contribution in [-0.2, 0) is 13.9 Å². The van der Waals surface area contributed by atoms with Gasteiger partial charge in [0.15, 0.2) is 8.32 Å². The highest BCUT2D eigenvalue weighted by Crippen LogP contribution is 2.38. The van der Waals surface area contributed by atoms with Gasteiger partial charge in [-0.3, -0.25) is 0 Å². The fourth-order valence-corrected chi connectivity index (χ4v) is 4.91. The normalized spacial score (nSPS) is 23.0. The second kappa shape index (κ2) is 11.1. The molecule has 2 atom stereocenters. The SMILES string of the molecule is COCCC/C(C)=C1/COC(CC(C)C)/C1=C\CC(C)O[Si](C)(C)C(C)(C)C. The average Bonchev–Trinajstić information content (AvgIpc) is 2.93. The Morgan fingerprint density at radius 1 is 1.25 bits per heavy atom. The Kier molecular flexibility index (Phi) is 10.2. The zero-order valence-electron chi connectivity index (χ0n) is 20.3. The van der Waals surface area contributed by atoms with Crippen molar-refractivity contribution in [3.63, 3.8) is 0 Å². The molecular weight excluding hydrogens is 364 g/mol. The Hall–Kier alpha value is -0.423. The Morgan fingerprint density at radius 2 is 1.89 bits per heavy atom. The van der Waals surface area contributed by atoms with Crippen molar-refractivity contribution in [3.8, 4) is 0 Å². The molecule has 0 saturated carbocycles. The van der Waals surface area contributed by atoms with E-state index in [1.807, 2.05) is 0 Å². The van der Waals surface area contributed by atoms with Crippen molar-refractivity contribution < 1.29 is 13.9 Å². The maximum absolute atomic E-state index is 6.57. The molecule has 0 aromatic rings. The zero-order chi connectivity index (χ0) is 21.5. The second-order valence-electron chi connectivity index (χ2n) is 10.4. The van der Waals surface area contributed by atoms with Crippen LogP contribution in [0.4, 0.5) is 0 Å². The van der Waals surface area contributed by atoms with Gasteiger partial charge in [0.25, 0.3) is 0 Å². The van der Waals surface area contributed by atoms with Crippen molar-refractivity contribution in [2.24, 2.45) is 5.92 Å². The van der Waals surface area contributed by atoms with Gasteiger partial charge in [0, 0.05) is 19.8 Å². The molecule has 0 amide bonds. The standard InChI is InChI=1S/C24H46O3Si/c1-18(2)16-23-21(22(17-26-23)19(3)12-11-15-25-8)14-13-20(4)27-28(9,10)24(5,6)7/h14,18,20,23H,11-13,15-17H2,1-10H3/b21-14-,22-19-. The van der Waals surface area contributed by atoms with E-state index >= 15 is 0 Å². The highest BCUT2D eigenvalue weighted by molar-refractivity contribution is 6.74. The van der Waals surface area contributed by atoms with Gasteiger partial charge in [-0.2, -0.15) is 0 Å². The summed E-state index contributed by atoms with van der Waals surface area (Å²) in [4.78, 5) is 0. The smallest absolute Gasteiger partial charge is 0.192 e. The molecule has 3 nitrogen and oxygen atoms in total. The number of methoxy groups -OCH3 is 1. The van der Waals surface area contributed by atoms with Crippen LogP contribution in [0.5, 0.6) is 0 Å². The van der Waals surface area contributed by atoms with E-state index < -0.39 is 8.32 Å². The third-order valence-corrected chi connectivity index (χ3v) is 10.8. The summed E-state index contributed by atoms with van der Waals surface area (Å²) in [5, 5.41) is 0.244. The lowest BCUT2D eigenvalue weighted by Gasteiger charge is -2.38. The first-order valence-electron chi connectivity index (χ1n) is 11.1. The van der Waals surface area contributed by atoms with Crippen molar-refractivity contribution in [1.82, 2.24) is 0 Å². The minimum atomic E-state index is -1.74. The third-order valence-electron chi connectivity index (χ3n) is 6.20. The summed E-state index contributed by atoms with van der Waals surface area (Å²) in [5.41, 5.74) is 4.28. The lowest BCUT2D eigenvalue weighted by Crippen LogP contribution is -2.43. The number of hydrogen-bond donors (Lipinski definition) is 0. The first kappa shape index (κ1) is 25.6. The monoisotopic (exact) mass is 410 g/mol. The van der Waals surface area contributed by atoms with Crippen LogP contribution in [0.2, 0.25) is 18.1 Å². The molecule has 2 unspecified atom stereocenters. The molecule has 1 fully saturated rings. The molecule has 0 N–H and O–H groups in total. The molecule has 1 heterocycles. The summed E-state index contributed by atoms with van der Waals surface area (Å²) in [6.45, 7) is 22.2. The maximum atomic E-state index is 6.57. The predicted molar refractivity (Wildman–Crippen MR) is 123 cm³/mol. The van der Waals surface area contributed by atoms with Crippen LogP contribution in [0.25, 0.3) is 0 Å². The fourth-order valence-electron chi connectivity index (χ4n) is 3.45. The van der Waals surface area contributed by atoms with Gasteiger partial charge in [-0.05, 0) is 74.7 Å². The van der Waals surface area contributed by atoms with Crippen LogP contribution in [0.1, 0.15) is 74.1 Å². The molecule has 0 aromatic carbocycles. The van der Waals surface area contributed by atoms with E-state index in [1.165, 1.54) is 16.7 Å². The summed E-state index contributed by atoms with van der Waals surface area (Å²) in [5.74, 6) is 0.627. The average molecular weight is 411 g/mol. The summed E-state index contributed by atoms with van der Waals surface area (Å²) in [7, 11) is 0.0377. The van der Waals surface area contributed by atoms with Crippen molar-refractivity contribution in [1.29, 1.82) is 0 Å². The Morgan fingerprint density at radius 3 is 2.43 bits per heavy atom. The van der Waals surface area contributed by atoms with Crippen LogP contribution < -0.4 is 0 Å². The second-order valence-corrected chi connectivity index (χ2v) is 15.1.